The van der Waals surface area contributed by atoms with Crippen molar-refractivity contribution in [3.63, 3.8) is 0 Å². The SMILES string of the molecule is Cc1ccc(S(=O)(=O)OCC2CC23CCOC3)cc1. The van der Waals surface area contributed by atoms with E-state index in [1.165, 1.54) is 0 Å². The molecule has 0 radical (unpaired) electrons. The second-order valence-corrected chi connectivity index (χ2v) is 7.23. The van der Waals surface area contributed by atoms with Crippen LogP contribution in [0.3, 0.4) is 0 Å². The molecule has 2 atom stereocenters. The minimum atomic E-state index is -3.62. The van der Waals surface area contributed by atoms with Gasteiger partial charge in [0.05, 0.1) is 18.1 Å². The molecule has 0 aromatic heterocycles. The molecule has 2 unspecified atom stereocenters. The minimum absolute atomic E-state index is 0.211. The molecule has 3 rings (SSSR count). The van der Waals surface area contributed by atoms with Crippen LogP contribution >= 0.6 is 0 Å². The summed E-state index contributed by atoms with van der Waals surface area (Å²) in [5.74, 6) is 0.329. The molecule has 1 aliphatic carbocycles. The van der Waals surface area contributed by atoms with Gasteiger partial charge in [-0.15, -0.1) is 0 Å². The summed E-state index contributed by atoms with van der Waals surface area (Å²) in [7, 11) is -3.62. The third-order valence-electron chi connectivity index (χ3n) is 4.23. The molecule has 1 heterocycles. The van der Waals surface area contributed by atoms with E-state index in [2.05, 4.69) is 0 Å². The Kier molecular flexibility index (Phi) is 3.15. The molecule has 0 N–H and O–H groups in total. The zero-order valence-electron chi connectivity index (χ0n) is 11.0. The van der Waals surface area contributed by atoms with E-state index < -0.39 is 10.1 Å². The van der Waals surface area contributed by atoms with E-state index in [4.69, 9.17) is 8.92 Å². The fraction of sp³-hybridized carbons (Fsp3) is 0.571. The Balaban J connectivity index is 1.62. The summed E-state index contributed by atoms with van der Waals surface area (Å²) in [6.07, 6.45) is 2.06. The highest BCUT2D eigenvalue weighted by Crippen LogP contribution is 2.58. The van der Waals surface area contributed by atoms with Gasteiger partial charge < -0.3 is 4.74 Å². The van der Waals surface area contributed by atoms with Crippen LogP contribution in [-0.4, -0.2) is 28.2 Å². The van der Waals surface area contributed by atoms with Gasteiger partial charge in [0.1, 0.15) is 0 Å². The quantitative estimate of drug-likeness (QED) is 0.794. The number of aryl methyl sites for hydroxylation is 1. The molecule has 2 aliphatic rings. The van der Waals surface area contributed by atoms with Crippen LogP contribution in [0, 0.1) is 18.3 Å². The van der Waals surface area contributed by atoms with Crippen LogP contribution in [0.2, 0.25) is 0 Å². The van der Waals surface area contributed by atoms with Gasteiger partial charge in [-0.2, -0.15) is 8.42 Å². The molecule has 1 aromatic rings. The van der Waals surface area contributed by atoms with Gasteiger partial charge in [-0.3, -0.25) is 4.18 Å². The van der Waals surface area contributed by atoms with Gasteiger partial charge in [-0.1, -0.05) is 17.7 Å². The van der Waals surface area contributed by atoms with Gasteiger partial charge in [0, 0.05) is 12.0 Å². The highest BCUT2D eigenvalue weighted by molar-refractivity contribution is 7.86. The van der Waals surface area contributed by atoms with E-state index in [1.807, 2.05) is 6.92 Å². The van der Waals surface area contributed by atoms with E-state index in [9.17, 15) is 8.42 Å². The minimum Gasteiger partial charge on any atom is -0.381 e. The van der Waals surface area contributed by atoms with Crippen LogP contribution in [0.5, 0.6) is 0 Å². The topological polar surface area (TPSA) is 52.6 Å². The molecule has 1 saturated heterocycles. The van der Waals surface area contributed by atoms with Gasteiger partial charge in [0.15, 0.2) is 0 Å². The van der Waals surface area contributed by atoms with Gasteiger partial charge in [0.2, 0.25) is 0 Å². The average Bonchev–Trinajstić information content (AvgIpc) is 2.82. The van der Waals surface area contributed by atoms with Crippen LogP contribution in [-0.2, 0) is 19.0 Å². The Hall–Kier alpha value is -0.910. The second kappa shape index (κ2) is 4.58. The van der Waals surface area contributed by atoms with Crippen molar-refractivity contribution < 1.29 is 17.3 Å². The predicted molar refractivity (Wildman–Crippen MR) is 70.3 cm³/mol. The third-order valence-corrected chi connectivity index (χ3v) is 5.52. The Labute approximate surface area is 113 Å². The molecule has 1 aliphatic heterocycles. The van der Waals surface area contributed by atoms with Crippen LogP contribution in [0.25, 0.3) is 0 Å². The van der Waals surface area contributed by atoms with E-state index in [0.29, 0.717) is 5.92 Å². The van der Waals surface area contributed by atoms with Crippen LogP contribution in [0.4, 0.5) is 0 Å². The molecule has 1 spiro atoms. The van der Waals surface area contributed by atoms with Gasteiger partial charge in [-0.25, -0.2) is 0 Å². The smallest absolute Gasteiger partial charge is 0.296 e. The zero-order chi connectivity index (χ0) is 13.5. The maximum atomic E-state index is 12.0. The van der Waals surface area contributed by atoms with Crippen molar-refractivity contribution in [1.29, 1.82) is 0 Å². The maximum absolute atomic E-state index is 12.0. The predicted octanol–water partition coefficient (Wildman–Crippen LogP) is 2.13. The molecule has 5 heteroatoms. The highest BCUT2D eigenvalue weighted by Gasteiger charge is 2.56. The molecule has 0 amide bonds. The lowest BCUT2D eigenvalue weighted by Crippen LogP contribution is -2.12. The van der Waals surface area contributed by atoms with E-state index >= 15 is 0 Å². The first kappa shape index (κ1) is 13.1. The number of ether oxygens (including phenoxy) is 1. The number of benzene rings is 1. The van der Waals surface area contributed by atoms with Gasteiger partial charge in [-0.05, 0) is 37.8 Å². The lowest BCUT2D eigenvalue weighted by Gasteiger charge is -2.08. The second-order valence-electron chi connectivity index (χ2n) is 5.62. The summed E-state index contributed by atoms with van der Waals surface area (Å²) < 4.78 is 34.6. The molecule has 0 bridgehead atoms. The summed E-state index contributed by atoms with van der Waals surface area (Å²) >= 11 is 0. The standard InChI is InChI=1S/C14H18O4S/c1-11-2-4-13(5-3-11)19(15,16)18-9-12-8-14(12)6-7-17-10-14/h2-5,12H,6-10H2,1H3. The van der Waals surface area contributed by atoms with Crippen molar-refractivity contribution in [3.8, 4) is 0 Å². The summed E-state index contributed by atoms with van der Waals surface area (Å²) in [6.45, 7) is 3.75. The van der Waals surface area contributed by atoms with E-state index in [0.717, 1.165) is 31.6 Å². The number of rotatable bonds is 4. The Morgan fingerprint density at radius 1 is 1.37 bits per heavy atom. The van der Waals surface area contributed by atoms with Crippen molar-refractivity contribution >= 4 is 10.1 Å². The summed E-state index contributed by atoms with van der Waals surface area (Å²) in [4.78, 5) is 0.232. The van der Waals surface area contributed by atoms with Crippen LogP contribution in [0.15, 0.2) is 29.2 Å². The maximum Gasteiger partial charge on any atom is 0.296 e. The summed E-state index contributed by atoms with van der Waals surface area (Å²) in [5, 5.41) is 0. The van der Waals surface area contributed by atoms with Crippen molar-refractivity contribution in [3.05, 3.63) is 29.8 Å². The lowest BCUT2D eigenvalue weighted by molar-refractivity contribution is 0.174. The first-order chi connectivity index (χ1) is 9.02. The Morgan fingerprint density at radius 2 is 2.11 bits per heavy atom. The molecule has 104 valence electrons. The van der Waals surface area contributed by atoms with Crippen molar-refractivity contribution in [2.75, 3.05) is 19.8 Å². The molecule has 1 aromatic carbocycles. The highest BCUT2D eigenvalue weighted by atomic mass is 32.2. The largest absolute Gasteiger partial charge is 0.381 e. The average molecular weight is 282 g/mol. The van der Waals surface area contributed by atoms with Crippen molar-refractivity contribution in [2.24, 2.45) is 11.3 Å². The molecular formula is C14H18O4S. The third kappa shape index (κ3) is 2.55. The van der Waals surface area contributed by atoms with Crippen molar-refractivity contribution in [1.82, 2.24) is 0 Å². The van der Waals surface area contributed by atoms with Gasteiger partial charge >= 0.3 is 0 Å². The number of hydrogen-bond acceptors (Lipinski definition) is 4. The Bertz CT molecular complexity index is 556. The molecule has 2 fully saturated rings. The van der Waals surface area contributed by atoms with E-state index in [1.54, 1.807) is 24.3 Å². The fourth-order valence-electron chi connectivity index (χ4n) is 2.72. The van der Waals surface area contributed by atoms with Crippen molar-refractivity contribution in [2.45, 2.75) is 24.7 Å². The monoisotopic (exact) mass is 282 g/mol. The molecule has 19 heavy (non-hydrogen) atoms. The molecular weight excluding hydrogens is 264 g/mol. The van der Waals surface area contributed by atoms with Gasteiger partial charge in [0.25, 0.3) is 10.1 Å². The van der Waals surface area contributed by atoms with E-state index in [-0.39, 0.29) is 16.9 Å². The number of hydrogen-bond donors (Lipinski definition) is 0. The lowest BCUT2D eigenvalue weighted by atomic mass is 10.0. The zero-order valence-corrected chi connectivity index (χ0v) is 11.8. The summed E-state index contributed by atoms with van der Waals surface area (Å²) in [6, 6.07) is 6.73. The first-order valence-corrected chi connectivity index (χ1v) is 7.97. The molecule has 1 saturated carbocycles. The fourth-order valence-corrected chi connectivity index (χ4v) is 3.67. The van der Waals surface area contributed by atoms with Crippen LogP contribution < -0.4 is 0 Å². The normalized spacial score (nSPS) is 29.8. The van der Waals surface area contributed by atoms with Crippen LogP contribution in [0.1, 0.15) is 18.4 Å². The first-order valence-electron chi connectivity index (χ1n) is 6.56. The Morgan fingerprint density at radius 3 is 2.74 bits per heavy atom. The molecule has 4 nitrogen and oxygen atoms in total. The summed E-state index contributed by atoms with van der Waals surface area (Å²) in [5.41, 5.74) is 1.24.